The first-order chi connectivity index (χ1) is 24.6. The summed E-state index contributed by atoms with van der Waals surface area (Å²) in [6, 6.07) is -1.51. The zero-order valence-corrected chi connectivity index (χ0v) is 33.4. The Bertz CT molecular complexity index is 890. The molecule has 0 aliphatic heterocycles. The quantitative estimate of drug-likeness (QED) is 0.0310. The molecule has 0 aromatic heterocycles. The lowest BCUT2D eigenvalue weighted by Gasteiger charge is -2.20. The molecule has 0 aromatic carbocycles. The van der Waals surface area contributed by atoms with Crippen molar-refractivity contribution in [3.8, 4) is 0 Å². The number of carboxylic acid groups (broad SMARTS) is 1. The number of carbonyl (C=O) groups is 3. The summed E-state index contributed by atoms with van der Waals surface area (Å²) in [6.45, 7) is 2.78. The summed E-state index contributed by atoms with van der Waals surface area (Å²) in [6.07, 6.45) is 31.9. The van der Waals surface area contributed by atoms with Crippen LogP contribution in [-0.2, 0) is 37.5 Å². The summed E-state index contributed by atoms with van der Waals surface area (Å²) in [7, 11) is -4.70. The predicted octanol–water partition coefficient (Wildman–Crippen LogP) is 10.3. The van der Waals surface area contributed by atoms with E-state index in [4.69, 9.17) is 24.8 Å². The van der Waals surface area contributed by atoms with Gasteiger partial charge < -0.3 is 25.2 Å². The third-order valence-electron chi connectivity index (χ3n) is 9.11. The monoisotopic (exact) mass is 750 g/mol. The van der Waals surface area contributed by atoms with Crippen molar-refractivity contribution in [3.05, 3.63) is 0 Å². The van der Waals surface area contributed by atoms with Crippen LogP contribution in [0.2, 0.25) is 0 Å². The van der Waals surface area contributed by atoms with Gasteiger partial charge in [0.1, 0.15) is 12.6 Å². The van der Waals surface area contributed by atoms with E-state index in [-0.39, 0.29) is 19.4 Å². The predicted molar refractivity (Wildman–Crippen MR) is 203 cm³/mol. The number of nitrogens with two attached hydrogens (primary N) is 1. The Kier molecular flexibility index (Phi) is 34.4. The van der Waals surface area contributed by atoms with Crippen molar-refractivity contribution in [1.82, 2.24) is 0 Å². The molecule has 4 N–H and O–H groups in total. The van der Waals surface area contributed by atoms with Crippen LogP contribution < -0.4 is 5.73 Å². The summed E-state index contributed by atoms with van der Waals surface area (Å²) in [5.41, 5.74) is 5.31. The van der Waals surface area contributed by atoms with E-state index in [1.54, 1.807) is 0 Å². The third-order valence-corrected chi connectivity index (χ3v) is 10.1. The van der Waals surface area contributed by atoms with E-state index >= 15 is 0 Å². The van der Waals surface area contributed by atoms with Crippen LogP contribution in [0, 0.1) is 0 Å². The average molecular weight is 750 g/mol. The van der Waals surface area contributed by atoms with Gasteiger partial charge in [-0.25, -0.2) is 4.57 Å². The van der Waals surface area contributed by atoms with Crippen LogP contribution in [0.3, 0.4) is 0 Å². The average Bonchev–Trinajstić information content (AvgIpc) is 3.10. The number of rotatable bonds is 39. The molecule has 0 spiro atoms. The van der Waals surface area contributed by atoms with Gasteiger partial charge in [-0.2, -0.15) is 0 Å². The molecule has 0 fully saturated rings. The lowest BCUT2D eigenvalue weighted by Crippen LogP contribution is -2.34. The standard InChI is InChI=1S/C39H76NO10P/c1-3-5-7-9-11-13-14-15-16-17-18-19-20-21-22-23-25-26-28-30-37(41)47-32-35(33-48-51(45,46)49-34-36(40)39(43)44)50-38(42)31-29-27-24-12-10-8-6-4-2/h35-36H,3-34,40H2,1-2H3,(H,43,44)(H,45,46)/t35-,36+/m0/s1. The minimum atomic E-state index is -4.70. The van der Waals surface area contributed by atoms with Gasteiger partial charge in [-0.05, 0) is 12.8 Å². The number of esters is 2. The molecule has 12 heteroatoms. The molecular formula is C39H76NO10P. The topological polar surface area (TPSA) is 172 Å². The number of hydrogen-bond acceptors (Lipinski definition) is 9. The van der Waals surface area contributed by atoms with Gasteiger partial charge in [-0.15, -0.1) is 0 Å². The Morgan fingerprint density at radius 1 is 0.529 bits per heavy atom. The molecule has 0 aromatic rings. The van der Waals surface area contributed by atoms with Gasteiger partial charge in [-0.3, -0.25) is 23.4 Å². The summed E-state index contributed by atoms with van der Waals surface area (Å²) >= 11 is 0. The second-order valence-electron chi connectivity index (χ2n) is 14.1. The number of aliphatic carboxylic acids is 1. The van der Waals surface area contributed by atoms with E-state index in [1.807, 2.05) is 0 Å². The molecule has 3 atom stereocenters. The number of ether oxygens (including phenoxy) is 2. The molecule has 0 saturated heterocycles. The Morgan fingerprint density at radius 2 is 0.863 bits per heavy atom. The van der Waals surface area contributed by atoms with E-state index in [2.05, 4.69) is 18.4 Å². The zero-order valence-electron chi connectivity index (χ0n) is 32.5. The number of phosphoric ester groups is 1. The van der Waals surface area contributed by atoms with E-state index in [0.717, 1.165) is 38.5 Å². The minimum Gasteiger partial charge on any atom is -0.480 e. The minimum absolute atomic E-state index is 0.166. The Hall–Kier alpha value is -1.52. The maximum absolute atomic E-state index is 12.5. The van der Waals surface area contributed by atoms with E-state index in [9.17, 15) is 23.8 Å². The lowest BCUT2D eigenvalue weighted by atomic mass is 10.0. The molecule has 0 aliphatic carbocycles. The zero-order chi connectivity index (χ0) is 37.8. The number of hydrogen-bond donors (Lipinski definition) is 3. The van der Waals surface area contributed by atoms with Crippen LogP contribution in [0.5, 0.6) is 0 Å². The van der Waals surface area contributed by atoms with Crippen molar-refractivity contribution < 1.29 is 47.5 Å². The second-order valence-corrected chi connectivity index (χ2v) is 15.6. The van der Waals surface area contributed by atoms with Crippen molar-refractivity contribution in [2.75, 3.05) is 19.8 Å². The van der Waals surface area contributed by atoms with Gasteiger partial charge in [0.2, 0.25) is 0 Å². The Morgan fingerprint density at radius 3 is 1.24 bits per heavy atom. The molecular weight excluding hydrogens is 673 g/mol. The second kappa shape index (κ2) is 35.5. The Balaban J connectivity index is 4.20. The first kappa shape index (κ1) is 49.5. The van der Waals surface area contributed by atoms with Crippen molar-refractivity contribution in [1.29, 1.82) is 0 Å². The third kappa shape index (κ3) is 35.3. The van der Waals surface area contributed by atoms with Gasteiger partial charge >= 0.3 is 25.7 Å². The summed E-state index contributed by atoms with van der Waals surface area (Å²) in [5, 5.41) is 8.85. The van der Waals surface area contributed by atoms with Gasteiger partial charge in [-0.1, -0.05) is 174 Å². The largest absolute Gasteiger partial charge is 0.480 e. The fourth-order valence-corrected chi connectivity index (χ4v) is 6.61. The maximum atomic E-state index is 12.5. The first-order valence-electron chi connectivity index (χ1n) is 20.6. The number of unbranched alkanes of at least 4 members (excludes halogenated alkanes) is 25. The normalized spacial score (nSPS) is 13.8. The molecule has 0 radical (unpaired) electrons. The van der Waals surface area contributed by atoms with Crippen molar-refractivity contribution in [3.63, 3.8) is 0 Å². The van der Waals surface area contributed by atoms with Crippen LogP contribution in [0.4, 0.5) is 0 Å². The van der Waals surface area contributed by atoms with Crippen molar-refractivity contribution >= 4 is 25.7 Å². The summed E-state index contributed by atoms with van der Waals surface area (Å²) in [4.78, 5) is 45.7. The van der Waals surface area contributed by atoms with Crippen LogP contribution in [-0.4, -0.2) is 59.9 Å². The fourth-order valence-electron chi connectivity index (χ4n) is 5.83. The van der Waals surface area contributed by atoms with Crippen LogP contribution in [0.1, 0.15) is 200 Å². The van der Waals surface area contributed by atoms with Gasteiger partial charge in [0.15, 0.2) is 6.10 Å². The molecule has 0 amide bonds. The molecule has 302 valence electrons. The molecule has 11 nitrogen and oxygen atoms in total. The van der Waals surface area contributed by atoms with Crippen LogP contribution in [0.25, 0.3) is 0 Å². The molecule has 1 unspecified atom stereocenters. The Labute approximate surface area is 310 Å². The summed E-state index contributed by atoms with van der Waals surface area (Å²) < 4.78 is 32.5. The van der Waals surface area contributed by atoms with Crippen molar-refractivity contribution in [2.24, 2.45) is 5.73 Å². The fraction of sp³-hybridized carbons (Fsp3) is 0.923. The maximum Gasteiger partial charge on any atom is 0.472 e. The first-order valence-corrected chi connectivity index (χ1v) is 22.1. The van der Waals surface area contributed by atoms with E-state index in [0.29, 0.717) is 12.8 Å². The molecule has 0 heterocycles. The SMILES string of the molecule is CCCCCCCCCCCCCCCCCCCCCC(=O)OC[C@@H](COP(=O)(O)OC[C@@H](N)C(=O)O)OC(=O)CCCCCCCCCC. The number of phosphoric acid groups is 1. The number of carbonyl (C=O) groups excluding carboxylic acids is 2. The van der Waals surface area contributed by atoms with Crippen molar-refractivity contribution in [2.45, 2.75) is 212 Å². The smallest absolute Gasteiger partial charge is 0.472 e. The van der Waals surface area contributed by atoms with Gasteiger partial charge in [0, 0.05) is 12.8 Å². The highest BCUT2D eigenvalue weighted by Crippen LogP contribution is 2.43. The highest BCUT2D eigenvalue weighted by Gasteiger charge is 2.28. The molecule has 51 heavy (non-hydrogen) atoms. The van der Waals surface area contributed by atoms with Crippen LogP contribution in [0.15, 0.2) is 0 Å². The van der Waals surface area contributed by atoms with Gasteiger partial charge in [0.25, 0.3) is 0 Å². The lowest BCUT2D eigenvalue weighted by molar-refractivity contribution is -0.161. The molecule has 0 aliphatic rings. The van der Waals surface area contributed by atoms with E-state index < -0.39 is 51.1 Å². The molecule has 0 saturated carbocycles. The molecule has 0 rings (SSSR count). The highest BCUT2D eigenvalue weighted by atomic mass is 31.2. The van der Waals surface area contributed by atoms with Gasteiger partial charge in [0.05, 0.1) is 13.2 Å². The van der Waals surface area contributed by atoms with Crippen LogP contribution >= 0.6 is 7.82 Å². The number of carboxylic acids is 1. The molecule has 0 bridgehead atoms. The summed E-state index contributed by atoms with van der Waals surface area (Å²) in [5.74, 6) is -2.37. The highest BCUT2D eigenvalue weighted by molar-refractivity contribution is 7.47. The van der Waals surface area contributed by atoms with E-state index in [1.165, 1.54) is 122 Å².